The summed E-state index contributed by atoms with van der Waals surface area (Å²) in [5, 5.41) is 11.5. The molecular formula is C14H19N3S2. The molecule has 0 aliphatic rings. The van der Waals surface area contributed by atoms with E-state index in [9.17, 15) is 0 Å². The molecule has 2 rings (SSSR count). The van der Waals surface area contributed by atoms with Crippen LogP contribution in [0.4, 0.5) is 0 Å². The van der Waals surface area contributed by atoms with Gasteiger partial charge in [0, 0.05) is 11.8 Å². The number of thioether (sulfide) groups is 1. The fourth-order valence-electron chi connectivity index (χ4n) is 1.89. The highest BCUT2D eigenvalue weighted by atomic mass is 32.2. The maximum Gasteiger partial charge on any atom is 0.174 e. The van der Waals surface area contributed by atoms with E-state index in [4.69, 9.17) is 0 Å². The highest BCUT2D eigenvalue weighted by Gasteiger charge is 2.11. The smallest absolute Gasteiger partial charge is 0.174 e. The third-order valence-electron chi connectivity index (χ3n) is 2.95. The standard InChI is InChI=1S/C14H19N3S2/c1-3-11-5-7-12(8-6-11)13(15-4-2)9-18-14-17-16-10-19-14/h5-8,10,13,15H,3-4,9H2,1-2H3. The molecule has 0 saturated carbocycles. The quantitative estimate of drug-likeness (QED) is 0.792. The Balaban J connectivity index is 2.01. The van der Waals surface area contributed by atoms with Gasteiger partial charge in [0.1, 0.15) is 5.51 Å². The molecule has 2 aromatic rings. The number of hydrogen-bond acceptors (Lipinski definition) is 5. The number of nitrogens with zero attached hydrogens (tertiary/aromatic N) is 2. The number of benzene rings is 1. The van der Waals surface area contributed by atoms with E-state index in [1.54, 1.807) is 28.6 Å². The molecule has 0 bridgehead atoms. The van der Waals surface area contributed by atoms with Gasteiger partial charge in [-0.15, -0.1) is 10.2 Å². The van der Waals surface area contributed by atoms with Gasteiger partial charge in [-0.05, 0) is 24.1 Å². The molecule has 1 N–H and O–H groups in total. The largest absolute Gasteiger partial charge is 0.309 e. The van der Waals surface area contributed by atoms with Gasteiger partial charge in [-0.25, -0.2) is 0 Å². The Morgan fingerprint density at radius 3 is 2.63 bits per heavy atom. The summed E-state index contributed by atoms with van der Waals surface area (Å²) in [6, 6.07) is 9.26. The number of rotatable bonds is 7. The lowest BCUT2D eigenvalue weighted by molar-refractivity contribution is 0.605. The van der Waals surface area contributed by atoms with E-state index in [2.05, 4.69) is 53.6 Å². The Bertz CT molecular complexity index is 468. The van der Waals surface area contributed by atoms with E-state index in [1.165, 1.54) is 11.1 Å². The van der Waals surface area contributed by atoms with Gasteiger partial charge >= 0.3 is 0 Å². The van der Waals surface area contributed by atoms with E-state index in [-0.39, 0.29) is 0 Å². The van der Waals surface area contributed by atoms with E-state index >= 15 is 0 Å². The van der Waals surface area contributed by atoms with Crippen LogP contribution >= 0.6 is 23.1 Å². The summed E-state index contributed by atoms with van der Waals surface area (Å²) in [6.07, 6.45) is 1.09. The SMILES string of the molecule is CCNC(CSc1nncs1)c1ccc(CC)cc1. The lowest BCUT2D eigenvalue weighted by Gasteiger charge is -2.17. The van der Waals surface area contributed by atoms with Crippen LogP contribution in [0.15, 0.2) is 34.1 Å². The maximum atomic E-state index is 4.07. The lowest BCUT2D eigenvalue weighted by Crippen LogP contribution is -2.22. The zero-order valence-electron chi connectivity index (χ0n) is 11.3. The molecule has 0 amide bonds. The summed E-state index contributed by atoms with van der Waals surface area (Å²) in [5.41, 5.74) is 4.51. The van der Waals surface area contributed by atoms with Gasteiger partial charge in [-0.1, -0.05) is 61.2 Å². The fraction of sp³-hybridized carbons (Fsp3) is 0.429. The van der Waals surface area contributed by atoms with Crippen LogP contribution in [0, 0.1) is 0 Å². The Morgan fingerprint density at radius 2 is 2.05 bits per heavy atom. The van der Waals surface area contributed by atoms with Crippen molar-refractivity contribution in [1.29, 1.82) is 0 Å². The third kappa shape index (κ3) is 4.30. The number of nitrogens with one attached hydrogen (secondary N) is 1. The van der Waals surface area contributed by atoms with Crippen molar-refractivity contribution in [2.45, 2.75) is 30.6 Å². The molecule has 0 aliphatic carbocycles. The molecule has 0 fully saturated rings. The summed E-state index contributed by atoms with van der Waals surface area (Å²) in [6.45, 7) is 5.29. The second-order valence-corrected chi connectivity index (χ2v) is 6.32. The van der Waals surface area contributed by atoms with E-state index < -0.39 is 0 Å². The third-order valence-corrected chi connectivity index (χ3v) is 4.91. The van der Waals surface area contributed by atoms with Crippen LogP contribution in [0.1, 0.15) is 31.0 Å². The summed E-state index contributed by atoms with van der Waals surface area (Å²) >= 11 is 3.36. The molecule has 0 saturated heterocycles. The fourth-order valence-corrected chi connectivity index (χ4v) is 3.49. The van der Waals surface area contributed by atoms with Gasteiger partial charge in [-0.3, -0.25) is 0 Å². The average molecular weight is 293 g/mol. The second-order valence-electron chi connectivity index (χ2n) is 4.22. The molecule has 19 heavy (non-hydrogen) atoms. The normalized spacial score (nSPS) is 12.5. The highest BCUT2D eigenvalue weighted by molar-refractivity contribution is 8.01. The number of aryl methyl sites for hydroxylation is 1. The van der Waals surface area contributed by atoms with E-state index in [0.717, 1.165) is 23.1 Å². The maximum absolute atomic E-state index is 4.07. The predicted octanol–water partition coefficient (Wildman–Crippen LogP) is 3.54. The zero-order valence-corrected chi connectivity index (χ0v) is 12.9. The minimum Gasteiger partial charge on any atom is -0.309 e. The van der Waals surface area contributed by atoms with Crippen molar-refractivity contribution in [3.05, 3.63) is 40.9 Å². The highest BCUT2D eigenvalue weighted by Crippen LogP contribution is 2.25. The predicted molar refractivity (Wildman–Crippen MR) is 82.9 cm³/mol. The first-order valence-corrected chi connectivity index (χ1v) is 8.41. The summed E-state index contributed by atoms with van der Waals surface area (Å²) in [5.74, 6) is 0.981. The second kappa shape index (κ2) is 7.62. The molecule has 3 nitrogen and oxygen atoms in total. The van der Waals surface area contributed by atoms with Crippen LogP contribution in [0.3, 0.4) is 0 Å². The molecule has 5 heteroatoms. The molecule has 1 atom stereocenters. The zero-order chi connectivity index (χ0) is 13.5. The van der Waals surface area contributed by atoms with Crippen molar-refractivity contribution in [3.8, 4) is 0 Å². The van der Waals surface area contributed by atoms with Crippen molar-refractivity contribution in [2.75, 3.05) is 12.3 Å². The summed E-state index contributed by atoms with van der Waals surface area (Å²) < 4.78 is 1.04. The molecular weight excluding hydrogens is 274 g/mol. The van der Waals surface area contributed by atoms with Gasteiger partial charge in [0.15, 0.2) is 4.34 Å². The molecule has 1 aromatic carbocycles. The topological polar surface area (TPSA) is 37.8 Å². The Labute approximate surface area is 122 Å². The van der Waals surface area contributed by atoms with E-state index in [0.29, 0.717) is 6.04 Å². The van der Waals surface area contributed by atoms with Crippen LogP contribution in [-0.2, 0) is 6.42 Å². The van der Waals surface area contributed by atoms with Crippen molar-refractivity contribution in [2.24, 2.45) is 0 Å². The molecule has 102 valence electrons. The van der Waals surface area contributed by atoms with Crippen LogP contribution < -0.4 is 5.32 Å². The van der Waals surface area contributed by atoms with Crippen molar-refractivity contribution >= 4 is 23.1 Å². The lowest BCUT2D eigenvalue weighted by atomic mass is 10.1. The Hall–Kier alpha value is -0.910. The number of aromatic nitrogens is 2. The van der Waals surface area contributed by atoms with Crippen molar-refractivity contribution in [3.63, 3.8) is 0 Å². The van der Waals surface area contributed by atoms with Gasteiger partial charge in [0.25, 0.3) is 0 Å². The Morgan fingerprint density at radius 1 is 1.26 bits per heavy atom. The van der Waals surface area contributed by atoms with Crippen molar-refractivity contribution < 1.29 is 0 Å². The first-order valence-electron chi connectivity index (χ1n) is 6.54. The van der Waals surface area contributed by atoms with Crippen LogP contribution in [-0.4, -0.2) is 22.5 Å². The first-order chi connectivity index (χ1) is 9.33. The van der Waals surface area contributed by atoms with Crippen molar-refractivity contribution in [1.82, 2.24) is 15.5 Å². The molecule has 1 heterocycles. The van der Waals surface area contributed by atoms with Crippen LogP contribution in [0.25, 0.3) is 0 Å². The van der Waals surface area contributed by atoms with Gasteiger partial charge < -0.3 is 5.32 Å². The molecule has 0 radical (unpaired) electrons. The van der Waals surface area contributed by atoms with Crippen LogP contribution in [0.5, 0.6) is 0 Å². The Kier molecular flexibility index (Phi) is 5.82. The van der Waals surface area contributed by atoms with Crippen LogP contribution in [0.2, 0.25) is 0 Å². The average Bonchev–Trinajstić information content (AvgIpc) is 2.97. The van der Waals surface area contributed by atoms with Gasteiger partial charge in [-0.2, -0.15) is 0 Å². The monoisotopic (exact) mass is 293 g/mol. The molecule has 1 unspecified atom stereocenters. The first kappa shape index (κ1) is 14.5. The minimum atomic E-state index is 0.366. The number of hydrogen-bond donors (Lipinski definition) is 1. The summed E-state index contributed by atoms with van der Waals surface area (Å²) in [4.78, 5) is 0. The van der Waals surface area contributed by atoms with Gasteiger partial charge in [0.2, 0.25) is 0 Å². The van der Waals surface area contributed by atoms with Gasteiger partial charge in [0.05, 0.1) is 0 Å². The molecule has 0 aliphatic heterocycles. The molecule has 1 aromatic heterocycles. The summed E-state index contributed by atoms with van der Waals surface area (Å²) in [7, 11) is 0. The minimum absolute atomic E-state index is 0.366. The molecule has 0 spiro atoms. The van der Waals surface area contributed by atoms with E-state index in [1.807, 2.05) is 0 Å².